The van der Waals surface area contributed by atoms with E-state index >= 15 is 4.39 Å². The molecule has 0 amide bonds. The molecule has 1 aliphatic rings. The van der Waals surface area contributed by atoms with E-state index in [1.54, 1.807) is 6.07 Å². The van der Waals surface area contributed by atoms with Gasteiger partial charge in [-0.1, -0.05) is 0 Å². The lowest BCUT2D eigenvalue weighted by molar-refractivity contribution is -0.0557. The number of aliphatic hydroxyl groups is 1. The Morgan fingerprint density at radius 3 is 2.54 bits per heavy atom. The van der Waals surface area contributed by atoms with Crippen molar-refractivity contribution in [3.8, 4) is 11.3 Å². The Hall–Kier alpha value is -2.11. The number of phosphoric ester groups is 1. The number of ether oxygens (including phenoxy) is 1. The summed E-state index contributed by atoms with van der Waals surface area (Å²) in [6, 6.07) is 1.61. The molecule has 3 unspecified atom stereocenters. The van der Waals surface area contributed by atoms with E-state index in [-0.39, 0.29) is 11.5 Å². The van der Waals surface area contributed by atoms with E-state index in [9.17, 15) is 28.6 Å². The van der Waals surface area contributed by atoms with Gasteiger partial charge < -0.3 is 39.7 Å². The lowest BCUT2D eigenvalue weighted by Gasteiger charge is -2.25. The Balaban J connectivity index is 1.59. The Labute approximate surface area is 205 Å². The Morgan fingerprint density at radius 1 is 1.22 bits per heavy atom. The maximum atomic E-state index is 15.8. The van der Waals surface area contributed by atoms with Crippen LogP contribution in [0.5, 0.6) is 0 Å². The Morgan fingerprint density at radius 2 is 1.92 bits per heavy atom. The van der Waals surface area contributed by atoms with Crippen molar-refractivity contribution in [3.05, 3.63) is 24.8 Å². The molecule has 0 spiro atoms. The van der Waals surface area contributed by atoms with Gasteiger partial charge in [-0.05, 0) is 13.0 Å². The summed E-state index contributed by atoms with van der Waals surface area (Å²) in [5.41, 5.74) is 4.47. The number of aromatic amines is 1. The number of hydrogen-bond acceptors (Lipinski definition) is 12. The van der Waals surface area contributed by atoms with Crippen LogP contribution in [-0.2, 0) is 31.6 Å². The van der Waals surface area contributed by atoms with Crippen LogP contribution in [0.1, 0.15) is 13.2 Å². The number of fused-ring (bicyclic) bond motifs is 1. The standard InChI is InChI=1S/C15H20FN6O12P3/c1-15(16)11(23)9(5-31-36(27,28)34-37(29,30)33-35(24,25)26)32-14(15)22-4-7(8-2-3-20-21-8)10-12(17)18-6-19-13(10)22/h2-4,6,9,11,14,23H,5H2,1H3,(H,20,21)(H,27,28)(H,29,30)(H2,17,18,19)(H2,24,25,26)/t9?,11-,14-,15-/m1/s1. The molecule has 1 saturated heterocycles. The fraction of sp³-hybridized carbons (Fsp3) is 0.400. The largest absolute Gasteiger partial charge is 0.490 e. The molecule has 0 saturated carbocycles. The zero-order valence-electron chi connectivity index (χ0n) is 18.4. The molecule has 1 aliphatic heterocycles. The molecule has 0 aromatic carbocycles. The van der Waals surface area contributed by atoms with Gasteiger partial charge in [0, 0.05) is 18.0 Å². The van der Waals surface area contributed by atoms with Gasteiger partial charge in [-0.15, -0.1) is 0 Å². The number of hydrogen-bond donors (Lipinski definition) is 7. The summed E-state index contributed by atoms with van der Waals surface area (Å²) in [6.45, 7) is -0.0794. The van der Waals surface area contributed by atoms with Crippen molar-refractivity contribution in [2.24, 2.45) is 0 Å². The number of anilines is 1. The van der Waals surface area contributed by atoms with Crippen LogP contribution in [-0.4, -0.2) is 73.9 Å². The van der Waals surface area contributed by atoms with E-state index in [0.29, 0.717) is 16.6 Å². The summed E-state index contributed by atoms with van der Waals surface area (Å²) in [5.74, 6) is 0.0525. The molecule has 8 N–H and O–H groups in total. The number of H-pyrrole nitrogens is 1. The zero-order valence-corrected chi connectivity index (χ0v) is 21.1. The third kappa shape index (κ3) is 5.83. The highest BCUT2D eigenvalue weighted by molar-refractivity contribution is 7.66. The maximum absolute atomic E-state index is 15.8. The smallest absolute Gasteiger partial charge is 0.387 e. The molecular weight excluding hydrogens is 568 g/mol. The number of nitrogens with zero attached hydrogens (tertiary/aromatic N) is 4. The number of nitrogens with one attached hydrogen (secondary N) is 1. The van der Waals surface area contributed by atoms with Gasteiger partial charge in [0.05, 0.1) is 17.7 Å². The number of halogens is 1. The summed E-state index contributed by atoms with van der Waals surface area (Å²) in [4.78, 5) is 44.1. The lowest BCUT2D eigenvalue weighted by Crippen LogP contribution is -2.40. The first-order valence-corrected chi connectivity index (χ1v) is 14.4. The maximum Gasteiger partial charge on any atom is 0.490 e. The molecule has 37 heavy (non-hydrogen) atoms. The van der Waals surface area contributed by atoms with Crippen LogP contribution < -0.4 is 5.73 Å². The first-order valence-electron chi connectivity index (χ1n) is 9.92. The molecule has 1 fully saturated rings. The summed E-state index contributed by atoms with van der Waals surface area (Å²) < 4.78 is 68.5. The van der Waals surface area contributed by atoms with E-state index in [2.05, 4.69) is 33.3 Å². The molecule has 0 radical (unpaired) electrons. The number of aromatic nitrogens is 5. The van der Waals surface area contributed by atoms with Crippen LogP contribution in [0.4, 0.5) is 10.2 Å². The molecule has 3 aromatic heterocycles. The van der Waals surface area contributed by atoms with Gasteiger partial charge in [-0.25, -0.2) is 28.1 Å². The van der Waals surface area contributed by atoms with E-state index in [1.807, 2.05) is 0 Å². The molecule has 0 aliphatic carbocycles. The first-order chi connectivity index (χ1) is 17.0. The minimum atomic E-state index is -5.77. The number of nitrogens with two attached hydrogens (primary N) is 1. The van der Waals surface area contributed by atoms with Crippen LogP contribution in [0.25, 0.3) is 22.3 Å². The third-order valence-electron chi connectivity index (χ3n) is 5.22. The predicted molar refractivity (Wildman–Crippen MR) is 119 cm³/mol. The second-order valence-corrected chi connectivity index (χ2v) is 12.3. The highest BCUT2D eigenvalue weighted by atomic mass is 31.3. The van der Waals surface area contributed by atoms with E-state index in [1.165, 1.54) is 17.0 Å². The molecule has 4 heterocycles. The summed E-state index contributed by atoms with van der Waals surface area (Å²) in [7, 11) is -16.9. The van der Waals surface area contributed by atoms with Gasteiger partial charge in [-0.2, -0.15) is 13.7 Å². The number of aliphatic hydroxyl groups excluding tert-OH is 1. The second-order valence-electron chi connectivity index (χ2n) is 7.89. The molecule has 4 rings (SSSR count). The van der Waals surface area contributed by atoms with Crippen molar-refractivity contribution in [1.29, 1.82) is 0 Å². The van der Waals surface area contributed by atoms with E-state index in [0.717, 1.165) is 13.3 Å². The van der Waals surface area contributed by atoms with Gasteiger partial charge >= 0.3 is 23.5 Å². The first kappa shape index (κ1) is 27.9. The van der Waals surface area contributed by atoms with E-state index < -0.39 is 54.2 Å². The average Bonchev–Trinajstić information content (AvgIpc) is 3.43. The van der Waals surface area contributed by atoms with Gasteiger partial charge in [0.15, 0.2) is 11.9 Å². The van der Waals surface area contributed by atoms with Gasteiger partial charge in [0.1, 0.15) is 30.0 Å². The Kier molecular flexibility index (Phi) is 7.22. The second kappa shape index (κ2) is 9.57. The van der Waals surface area contributed by atoms with Crippen LogP contribution in [0.2, 0.25) is 0 Å². The van der Waals surface area contributed by atoms with Crippen molar-refractivity contribution in [3.63, 3.8) is 0 Å². The van der Waals surface area contributed by atoms with Gasteiger partial charge in [0.25, 0.3) is 0 Å². The zero-order chi connectivity index (χ0) is 27.4. The van der Waals surface area contributed by atoms with Gasteiger partial charge in [0.2, 0.25) is 0 Å². The molecule has 3 aromatic rings. The van der Waals surface area contributed by atoms with Crippen LogP contribution in [0, 0.1) is 0 Å². The highest BCUT2D eigenvalue weighted by Crippen LogP contribution is 2.66. The lowest BCUT2D eigenvalue weighted by atomic mass is 9.98. The molecule has 18 nitrogen and oxygen atoms in total. The van der Waals surface area contributed by atoms with E-state index in [4.69, 9.17) is 20.3 Å². The number of phosphoric acid groups is 3. The minimum Gasteiger partial charge on any atom is -0.387 e. The van der Waals surface area contributed by atoms with Crippen molar-refractivity contribution in [2.75, 3.05) is 12.3 Å². The molecule has 204 valence electrons. The van der Waals surface area contributed by atoms with Gasteiger partial charge in [-0.3, -0.25) is 9.62 Å². The molecule has 22 heteroatoms. The Bertz CT molecular complexity index is 1440. The predicted octanol–water partition coefficient (Wildman–Crippen LogP) is 0.733. The monoisotopic (exact) mass is 588 g/mol. The van der Waals surface area contributed by atoms with Crippen LogP contribution >= 0.6 is 23.5 Å². The number of rotatable bonds is 9. The topological polar surface area (TPSA) is 275 Å². The number of nitrogen functional groups attached to an aromatic ring is 1. The normalized spacial score (nSPS) is 27.8. The number of alkyl halides is 1. The minimum absolute atomic E-state index is 0.0525. The molecule has 6 atom stereocenters. The summed E-state index contributed by atoms with van der Waals surface area (Å²) >= 11 is 0. The molecule has 0 bridgehead atoms. The van der Waals surface area contributed by atoms with Crippen molar-refractivity contribution in [1.82, 2.24) is 24.7 Å². The SMILES string of the molecule is C[C@@]1(F)[C@H](O)C(COP(=O)(O)OP(=O)(O)OP(=O)(O)O)O[C@H]1n1cc(-c2ccn[nH]2)c2c(N)ncnc21. The fourth-order valence-electron chi connectivity index (χ4n) is 3.72. The highest BCUT2D eigenvalue weighted by Gasteiger charge is 2.56. The van der Waals surface area contributed by atoms with Crippen molar-refractivity contribution < 1.29 is 60.6 Å². The van der Waals surface area contributed by atoms with Crippen LogP contribution in [0.3, 0.4) is 0 Å². The third-order valence-corrected chi connectivity index (χ3v) is 9.02. The van der Waals surface area contributed by atoms with Crippen LogP contribution in [0.15, 0.2) is 24.8 Å². The van der Waals surface area contributed by atoms with Crippen molar-refractivity contribution in [2.45, 2.75) is 31.0 Å². The summed E-state index contributed by atoms with van der Waals surface area (Å²) in [6.07, 6.45) is -1.20. The molecular formula is C15H20FN6O12P3. The van der Waals surface area contributed by atoms with Crippen molar-refractivity contribution >= 4 is 40.3 Å². The average molecular weight is 588 g/mol. The summed E-state index contributed by atoms with van der Waals surface area (Å²) in [5, 5.41) is 17.4. The fourth-order valence-corrected chi connectivity index (χ4v) is 6.75. The quantitative estimate of drug-likeness (QED) is 0.170.